The molecule has 106 valence electrons. The van der Waals surface area contributed by atoms with Gasteiger partial charge in [-0.3, -0.25) is 4.79 Å². The lowest BCUT2D eigenvalue weighted by molar-refractivity contribution is -0.122. The molecule has 0 radical (unpaired) electrons. The molecule has 1 amide bonds. The lowest BCUT2D eigenvalue weighted by Crippen LogP contribution is -2.47. The molecule has 19 heavy (non-hydrogen) atoms. The van der Waals surface area contributed by atoms with Crippen molar-refractivity contribution in [3.8, 4) is 0 Å². The zero-order valence-corrected chi connectivity index (χ0v) is 12.7. The van der Waals surface area contributed by atoms with Gasteiger partial charge in [0.1, 0.15) is 6.04 Å². The molecular formula is C15H25N3O. The number of hydrogen-bond acceptors (Lipinski definition) is 3. The summed E-state index contributed by atoms with van der Waals surface area (Å²) in [6, 6.07) is 7.68. The molecule has 0 saturated heterocycles. The molecule has 0 aliphatic heterocycles. The van der Waals surface area contributed by atoms with Gasteiger partial charge in [-0.2, -0.15) is 0 Å². The molecule has 0 heterocycles. The fourth-order valence-electron chi connectivity index (χ4n) is 1.76. The van der Waals surface area contributed by atoms with E-state index in [1.807, 2.05) is 71.0 Å². The Kier molecular flexibility index (Phi) is 4.81. The second-order valence-electron chi connectivity index (χ2n) is 6.02. The molecular weight excluding hydrogens is 238 g/mol. The third-order valence-corrected chi connectivity index (χ3v) is 2.65. The van der Waals surface area contributed by atoms with E-state index in [4.69, 9.17) is 0 Å². The molecule has 0 aliphatic carbocycles. The second kappa shape index (κ2) is 5.95. The van der Waals surface area contributed by atoms with E-state index in [2.05, 4.69) is 10.6 Å². The minimum Gasteiger partial charge on any atom is -0.376 e. The minimum absolute atomic E-state index is 0.000981. The first kappa shape index (κ1) is 15.3. The maximum Gasteiger partial charge on any atom is 0.242 e. The van der Waals surface area contributed by atoms with Gasteiger partial charge in [0.2, 0.25) is 5.91 Å². The smallest absolute Gasteiger partial charge is 0.242 e. The van der Waals surface area contributed by atoms with Crippen molar-refractivity contribution in [1.82, 2.24) is 5.32 Å². The highest BCUT2D eigenvalue weighted by Gasteiger charge is 2.19. The average molecular weight is 263 g/mol. The normalized spacial score (nSPS) is 12.7. The van der Waals surface area contributed by atoms with Gasteiger partial charge < -0.3 is 15.5 Å². The van der Waals surface area contributed by atoms with Gasteiger partial charge in [-0.25, -0.2) is 0 Å². The topological polar surface area (TPSA) is 44.4 Å². The molecule has 1 atom stereocenters. The predicted octanol–water partition coefficient (Wildman–Crippen LogP) is 2.47. The van der Waals surface area contributed by atoms with Crippen LogP contribution in [0.5, 0.6) is 0 Å². The maximum atomic E-state index is 12.1. The number of amides is 1. The van der Waals surface area contributed by atoms with Gasteiger partial charge in [-0.1, -0.05) is 12.1 Å². The van der Waals surface area contributed by atoms with E-state index in [1.54, 1.807) is 0 Å². The third kappa shape index (κ3) is 4.81. The minimum atomic E-state index is -0.277. The Labute approximate surface area is 116 Å². The van der Waals surface area contributed by atoms with Crippen LogP contribution in [0, 0.1) is 0 Å². The number of carbonyl (C=O) groups excluding carboxylic acids is 1. The van der Waals surface area contributed by atoms with E-state index in [9.17, 15) is 4.79 Å². The highest BCUT2D eigenvalue weighted by atomic mass is 16.2. The molecule has 1 unspecified atom stereocenters. The Morgan fingerprint density at radius 1 is 1.21 bits per heavy atom. The van der Waals surface area contributed by atoms with Crippen molar-refractivity contribution in [2.75, 3.05) is 24.3 Å². The van der Waals surface area contributed by atoms with Crippen LogP contribution in [-0.4, -0.2) is 31.6 Å². The van der Waals surface area contributed by atoms with Crippen LogP contribution in [-0.2, 0) is 4.79 Å². The number of para-hydroxylation sites is 2. The van der Waals surface area contributed by atoms with Crippen LogP contribution in [0.3, 0.4) is 0 Å². The molecule has 4 nitrogen and oxygen atoms in total. The van der Waals surface area contributed by atoms with Crippen molar-refractivity contribution in [1.29, 1.82) is 0 Å². The van der Waals surface area contributed by atoms with Gasteiger partial charge in [0, 0.05) is 19.6 Å². The van der Waals surface area contributed by atoms with E-state index in [0.29, 0.717) is 0 Å². The molecule has 0 fully saturated rings. The van der Waals surface area contributed by atoms with Gasteiger partial charge in [-0.05, 0) is 39.8 Å². The Hall–Kier alpha value is -1.71. The van der Waals surface area contributed by atoms with Crippen LogP contribution in [0.15, 0.2) is 24.3 Å². The summed E-state index contributed by atoms with van der Waals surface area (Å²) in [4.78, 5) is 14.1. The number of hydrogen-bond donors (Lipinski definition) is 2. The Bertz CT molecular complexity index is 435. The van der Waals surface area contributed by atoms with Crippen molar-refractivity contribution in [3.05, 3.63) is 24.3 Å². The summed E-state index contributed by atoms with van der Waals surface area (Å²) in [5.74, 6) is 0.000981. The zero-order chi connectivity index (χ0) is 14.6. The van der Waals surface area contributed by atoms with Crippen LogP contribution in [0.1, 0.15) is 27.7 Å². The monoisotopic (exact) mass is 263 g/mol. The summed E-state index contributed by atoms with van der Waals surface area (Å²) in [6.07, 6.45) is 0. The van der Waals surface area contributed by atoms with E-state index in [-0.39, 0.29) is 17.5 Å². The first-order chi connectivity index (χ1) is 8.70. The Balaban J connectivity index is 2.77. The third-order valence-electron chi connectivity index (χ3n) is 2.65. The standard InChI is InChI=1S/C15H25N3O/c1-11(14(19)17-15(2,3)4)16-12-9-7-8-10-13(12)18(5)6/h7-11,16H,1-6H3,(H,17,19). The molecule has 0 aliphatic rings. The number of carbonyl (C=O) groups is 1. The van der Waals surface area contributed by atoms with Gasteiger partial charge in [-0.15, -0.1) is 0 Å². The fraction of sp³-hybridized carbons (Fsp3) is 0.533. The largest absolute Gasteiger partial charge is 0.376 e. The van der Waals surface area contributed by atoms with E-state index in [0.717, 1.165) is 11.4 Å². The fourth-order valence-corrected chi connectivity index (χ4v) is 1.76. The summed E-state index contributed by atoms with van der Waals surface area (Å²) in [5, 5.41) is 6.23. The van der Waals surface area contributed by atoms with E-state index >= 15 is 0 Å². The van der Waals surface area contributed by atoms with Crippen LogP contribution >= 0.6 is 0 Å². The second-order valence-corrected chi connectivity index (χ2v) is 6.02. The molecule has 1 aromatic rings. The van der Waals surface area contributed by atoms with Crippen molar-refractivity contribution < 1.29 is 4.79 Å². The van der Waals surface area contributed by atoms with E-state index < -0.39 is 0 Å². The van der Waals surface area contributed by atoms with Gasteiger partial charge in [0.25, 0.3) is 0 Å². The molecule has 0 saturated carbocycles. The number of rotatable bonds is 4. The lowest BCUT2D eigenvalue weighted by atomic mass is 10.1. The van der Waals surface area contributed by atoms with Crippen LogP contribution in [0.4, 0.5) is 11.4 Å². The first-order valence-corrected chi connectivity index (χ1v) is 6.55. The van der Waals surface area contributed by atoms with Crippen molar-refractivity contribution in [2.24, 2.45) is 0 Å². The van der Waals surface area contributed by atoms with Gasteiger partial charge in [0.15, 0.2) is 0 Å². The molecule has 0 aromatic heterocycles. The zero-order valence-electron chi connectivity index (χ0n) is 12.7. The first-order valence-electron chi connectivity index (χ1n) is 6.55. The molecule has 1 aromatic carbocycles. The summed E-state index contributed by atoms with van der Waals surface area (Å²) in [5.41, 5.74) is 1.82. The highest BCUT2D eigenvalue weighted by molar-refractivity contribution is 5.86. The van der Waals surface area contributed by atoms with Gasteiger partial charge in [0.05, 0.1) is 11.4 Å². The van der Waals surface area contributed by atoms with Crippen LogP contribution in [0.25, 0.3) is 0 Å². The molecule has 4 heteroatoms. The Morgan fingerprint density at radius 2 is 1.79 bits per heavy atom. The number of nitrogens with zero attached hydrogens (tertiary/aromatic N) is 1. The number of nitrogens with one attached hydrogen (secondary N) is 2. The molecule has 2 N–H and O–H groups in total. The maximum absolute atomic E-state index is 12.1. The van der Waals surface area contributed by atoms with Crippen molar-refractivity contribution in [3.63, 3.8) is 0 Å². The van der Waals surface area contributed by atoms with Crippen LogP contribution < -0.4 is 15.5 Å². The molecule has 1 rings (SSSR count). The van der Waals surface area contributed by atoms with Crippen LogP contribution in [0.2, 0.25) is 0 Å². The summed E-state index contributed by atoms with van der Waals surface area (Å²) in [6.45, 7) is 7.80. The number of benzene rings is 1. The summed E-state index contributed by atoms with van der Waals surface area (Å²) < 4.78 is 0. The van der Waals surface area contributed by atoms with E-state index in [1.165, 1.54) is 0 Å². The summed E-state index contributed by atoms with van der Waals surface area (Å²) in [7, 11) is 3.97. The summed E-state index contributed by atoms with van der Waals surface area (Å²) >= 11 is 0. The molecule has 0 spiro atoms. The van der Waals surface area contributed by atoms with Crippen molar-refractivity contribution in [2.45, 2.75) is 39.3 Å². The number of anilines is 2. The quantitative estimate of drug-likeness (QED) is 0.877. The molecule has 0 bridgehead atoms. The highest BCUT2D eigenvalue weighted by Crippen LogP contribution is 2.24. The van der Waals surface area contributed by atoms with Gasteiger partial charge >= 0.3 is 0 Å². The average Bonchev–Trinajstić information content (AvgIpc) is 2.27. The SMILES string of the molecule is CC(Nc1ccccc1N(C)C)C(=O)NC(C)(C)C. The lowest BCUT2D eigenvalue weighted by Gasteiger charge is -2.25. The predicted molar refractivity (Wildman–Crippen MR) is 81.7 cm³/mol. The van der Waals surface area contributed by atoms with Crippen molar-refractivity contribution >= 4 is 17.3 Å². The Morgan fingerprint density at radius 3 is 2.32 bits per heavy atom.